The number of carbonyl (C=O) groups excluding carboxylic acids is 1. The van der Waals surface area contributed by atoms with Crippen LogP contribution >= 0.6 is 0 Å². The minimum Gasteiger partial charge on any atom is -0.462 e. The van der Waals surface area contributed by atoms with Crippen molar-refractivity contribution in [3.8, 4) is 23.1 Å². The van der Waals surface area contributed by atoms with Gasteiger partial charge in [0.2, 0.25) is 5.91 Å². The van der Waals surface area contributed by atoms with Crippen LogP contribution in [0.3, 0.4) is 0 Å². The lowest BCUT2D eigenvalue weighted by atomic mass is 10.2. The molecule has 1 heterocycles. The molecule has 8 heteroatoms. The first-order chi connectivity index (χ1) is 17.0. The highest BCUT2D eigenvalue weighted by atomic mass is 19.1. The quantitative estimate of drug-likeness (QED) is 0.339. The van der Waals surface area contributed by atoms with Gasteiger partial charge in [-0.2, -0.15) is 4.98 Å². The Hall–Kier alpha value is -4.04. The van der Waals surface area contributed by atoms with Gasteiger partial charge in [-0.15, -0.1) is 5.10 Å². The summed E-state index contributed by atoms with van der Waals surface area (Å²) < 4.78 is 27.2. The fourth-order valence-electron chi connectivity index (χ4n) is 3.31. The molecule has 4 rings (SSSR count). The zero-order valence-electron chi connectivity index (χ0n) is 19.6. The highest BCUT2D eigenvalue weighted by molar-refractivity contribution is 5.91. The Morgan fingerprint density at radius 2 is 1.71 bits per heavy atom. The molecule has 7 nitrogen and oxygen atoms in total. The summed E-state index contributed by atoms with van der Waals surface area (Å²) in [5.74, 6) is -0.0480. The number of carbonyl (C=O) groups is 1. The summed E-state index contributed by atoms with van der Waals surface area (Å²) in [6, 6.07) is 23.2. The first-order valence-corrected chi connectivity index (χ1v) is 11.4. The van der Waals surface area contributed by atoms with Crippen LogP contribution in [0.25, 0.3) is 17.1 Å². The zero-order valence-corrected chi connectivity index (χ0v) is 19.6. The third kappa shape index (κ3) is 6.51. The highest BCUT2D eigenvalue weighted by Gasteiger charge is 2.18. The maximum Gasteiger partial charge on any atom is 0.336 e. The molecule has 1 aromatic heterocycles. The molecule has 0 saturated carbocycles. The molecule has 1 amide bonds. The van der Waals surface area contributed by atoms with Crippen molar-refractivity contribution in [3.05, 3.63) is 90.2 Å². The number of aromatic nitrogens is 3. The van der Waals surface area contributed by atoms with Gasteiger partial charge < -0.3 is 14.8 Å². The smallest absolute Gasteiger partial charge is 0.336 e. The van der Waals surface area contributed by atoms with Gasteiger partial charge in [-0.3, -0.25) is 4.79 Å². The standard InChI is InChI=1S/C27H27FN4O3/c1-19(2)16-35-27-30-26(23-10-6-7-11-24(23)28)32(31-27)22-14-12-21(13-15-22)29-25(33)18-34-17-20-8-4-3-5-9-20/h3-15,19H,16-18H2,1-2H3,(H,29,33). The monoisotopic (exact) mass is 474 g/mol. The predicted molar refractivity (Wildman–Crippen MR) is 132 cm³/mol. The first-order valence-electron chi connectivity index (χ1n) is 11.4. The number of rotatable bonds is 10. The second kappa shape index (κ2) is 11.4. The van der Waals surface area contributed by atoms with Crippen LogP contribution in [0.5, 0.6) is 6.01 Å². The van der Waals surface area contributed by atoms with Crippen LogP contribution in [-0.2, 0) is 16.1 Å². The highest BCUT2D eigenvalue weighted by Crippen LogP contribution is 2.26. The van der Waals surface area contributed by atoms with Gasteiger partial charge in [0.25, 0.3) is 0 Å². The van der Waals surface area contributed by atoms with E-state index >= 15 is 0 Å². The Labute approximate surface area is 203 Å². The van der Waals surface area contributed by atoms with E-state index in [1.807, 2.05) is 44.2 Å². The number of anilines is 1. The molecule has 4 aromatic rings. The average molecular weight is 475 g/mol. The number of halogens is 1. The zero-order chi connectivity index (χ0) is 24.6. The van der Waals surface area contributed by atoms with E-state index in [1.54, 1.807) is 42.5 Å². The van der Waals surface area contributed by atoms with Gasteiger partial charge in [0.1, 0.15) is 12.4 Å². The molecule has 35 heavy (non-hydrogen) atoms. The first kappa shape index (κ1) is 24.1. The molecule has 0 atom stereocenters. The summed E-state index contributed by atoms with van der Waals surface area (Å²) in [6.45, 7) is 4.79. The van der Waals surface area contributed by atoms with Crippen LogP contribution in [0.1, 0.15) is 19.4 Å². The molecule has 0 unspecified atom stereocenters. The van der Waals surface area contributed by atoms with E-state index in [0.29, 0.717) is 41.9 Å². The summed E-state index contributed by atoms with van der Waals surface area (Å²) >= 11 is 0. The number of nitrogens with zero attached hydrogens (tertiary/aromatic N) is 3. The van der Waals surface area contributed by atoms with Crippen LogP contribution in [0.2, 0.25) is 0 Å². The fraction of sp³-hybridized carbons (Fsp3) is 0.222. The fourth-order valence-corrected chi connectivity index (χ4v) is 3.31. The second-order valence-corrected chi connectivity index (χ2v) is 8.39. The Kier molecular flexibility index (Phi) is 7.84. The molecule has 0 spiro atoms. The average Bonchev–Trinajstić information content (AvgIpc) is 3.28. The van der Waals surface area contributed by atoms with Crippen molar-refractivity contribution in [1.82, 2.24) is 14.8 Å². The molecule has 3 aromatic carbocycles. The van der Waals surface area contributed by atoms with Crippen molar-refractivity contribution in [2.45, 2.75) is 20.5 Å². The molecule has 0 saturated heterocycles. The second-order valence-electron chi connectivity index (χ2n) is 8.39. The summed E-state index contributed by atoms with van der Waals surface area (Å²) in [4.78, 5) is 16.7. The van der Waals surface area contributed by atoms with E-state index < -0.39 is 5.82 Å². The summed E-state index contributed by atoms with van der Waals surface area (Å²) in [6.07, 6.45) is 0. The van der Waals surface area contributed by atoms with E-state index in [4.69, 9.17) is 9.47 Å². The Morgan fingerprint density at radius 1 is 1.00 bits per heavy atom. The molecular weight excluding hydrogens is 447 g/mol. The lowest BCUT2D eigenvalue weighted by Gasteiger charge is -2.09. The van der Waals surface area contributed by atoms with Crippen LogP contribution in [0.15, 0.2) is 78.9 Å². The SMILES string of the molecule is CC(C)COc1nc(-c2ccccc2F)n(-c2ccc(NC(=O)COCc3ccccc3)cc2)n1. The van der Waals surface area contributed by atoms with Crippen LogP contribution in [0.4, 0.5) is 10.1 Å². The van der Waals surface area contributed by atoms with Crippen LogP contribution in [-0.4, -0.2) is 33.9 Å². The molecule has 0 aliphatic heterocycles. The van der Waals surface area contributed by atoms with Gasteiger partial charge in [0.05, 0.1) is 24.5 Å². The summed E-state index contributed by atoms with van der Waals surface area (Å²) in [5.41, 5.74) is 2.56. The van der Waals surface area contributed by atoms with E-state index in [2.05, 4.69) is 15.4 Å². The third-order valence-corrected chi connectivity index (χ3v) is 4.99. The molecule has 0 fully saturated rings. The van der Waals surface area contributed by atoms with Gasteiger partial charge in [0, 0.05) is 5.69 Å². The molecule has 1 N–H and O–H groups in total. The van der Waals surface area contributed by atoms with Gasteiger partial charge in [-0.1, -0.05) is 56.3 Å². The lowest BCUT2D eigenvalue weighted by Crippen LogP contribution is -2.18. The van der Waals surface area contributed by atoms with Gasteiger partial charge >= 0.3 is 6.01 Å². The van der Waals surface area contributed by atoms with Crippen molar-refractivity contribution in [2.24, 2.45) is 5.92 Å². The number of benzene rings is 3. The van der Waals surface area contributed by atoms with Crippen LogP contribution < -0.4 is 10.1 Å². The summed E-state index contributed by atoms with van der Waals surface area (Å²) in [5, 5.41) is 7.25. The van der Waals surface area contributed by atoms with Crippen molar-refractivity contribution < 1.29 is 18.7 Å². The van der Waals surface area contributed by atoms with E-state index in [9.17, 15) is 9.18 Å². The van der Waals surface area contributed by atoms with Crippen molar-refractivity contribution >= 4 is 11.6 Å². The molecule has 0 radical (unpaired) electrons. The van der Waals surface area contributed by atoms with E-state index in [0.717, 1.165) is 5.56 Å². The molecule has 0 bridgehead atoms. The number of amides is 1. The van der Waals surface area contributed by atoms with Crippen molar-refractivity contribution in [3.63, 3.8) is 0 Å². The Bertz CT molecular complexity index is 1260. The number of nitrogens with one attached hydrogen (secondary N) is 1. The Balaban J connectivity index is 1.46. The molecule has 0 aliphatic rings. The normalized spacial score (nSPS) is 11.0. The maximum atomic E-state index is 14.5. The Morgan fingerprint density at radius 3 is 2.43 bits per heavy atom. The molecule has 180 valence electrons. The lowest BCUT2D eigenvalue weighted by molar-refractivity contribution is -0.121. The number of hydrogen-bond donors (Lipinski definition) is 1. The molecular formula is C27H27FN4O3. The minimum absolute atomic E-state index is 0.0618. The largest absolute Gasteiger partial charge is 0.462 e. The maximum absolute atomic E-state index is 14.5. The van der Waals surface area contributed by atoms with Crippen molar-refractivity contribution in [1.29, 1.82) is 0 Å². The van der Waals surface area contributed by atoms with Gasteiger partial charge in [0.15, 0.2) is 5.82 Å². The van der Waals surface area contributed by atoms with Gasteiger partial charge in [-0.25, -0.2) is 9.07 Å². The number of ether oxygens (including phenoxy) is 2. The van der Waals surface area contributed by atoms with Crippen LogP contribution in [0, 0.1) is 11.7 Å². The van der Waals surface area contributed by atoms with Crippen molar-refractivity contribution in [2.75, 3.05) is 18.5 Å². The topological polar surface area (TPSA) is 78.3 Å². The summed E-state index contributed by atoms with van der Waals surface area (Å²) in [7, 11) is 0. The van der Waals surface area contributed by atoms with E-state index in [-0.39, 0.29) is 18.5 Å². The predicted octanol–water partition coefficient (Wildman–Crippen LogP) is 5.26. The third-order valence-electron chi connectivity index (χ3n) is 4.99. The van der Waals surface area contributed by atoms with Gasteiger partial charge in [-0.05, 0) is 47.9 Å². The molecule has 0 aliphatic carbocycles. The van der Waals surface area contributed by atoms with E-state index in [1.165, 1.54) is 10.7 Å². The minimum atomic E-state index is -0.407. The number of hydrogen-bond acceptors (Lipinski definition) is 5.